The Labute approximate surface area is 133 Å². The maximum Gasteiger partial charge on any atom is 0.151 e. The van der Waals surface area contributed by atoms with E-state index < -0.39 is 0 Å². The summed E-state index contributed by atoms with van der Waals surface area (Å²) >= 11 is 0. The van der Waals surface area contributed by atoms with Gasteiger partial charge in [0.05, 0.1) is 29.4 Å². The number of aromatic nitrogens is 2. The highest BCUT2D eigenvalue weighted by atomic mass is 15.0. The number of para-hydroxylation sites is 1. The van der Waals surface area contributed by atoms with E-state index in [2.05, 4.69) is 37.6 Å². The SMILES string of the molecule is C=C(Nc1ccccc1)c1nc(C2=C=CN=CN=C2)cnc1N. The van der Waals surface area contributed by atoms with Crippen molar-refractivity contribution in [1.82, 2.24) is 9.97 Å². The predicted octanol–water partition coefficient (Wildman–Crippen LogP) is 2.75. The molecule has 0 aliphatic carbocycles. The molecule has 0 fully saturated rings. The van der Waals surface area contributed by atoms with E-state index in [1.54, 1.807) is 12.4 Å². The van der Waals surface area contributed by atoms with Crippen LogP contribution in [-0.4, -0.2) is 22.5 Å². The maximum absolute atomic E-state index is 5.93. The molecule has 0 spiro atoms. The number of nitrogens with one attached hydrogen (secondary N) is 1. The van der Waals surface area contributed by atoms with Gasteiger partial charge in [-0.1, -0.05) is 30.5 Å². The summed E-state index contributed by atoms with van der Waals surface area (Å²) in [5, 5.41) is 3.17. The van der Waals surface area contributed by atoms with E-state index in [-0.39, 0.29) is 0 Å². The van der Waals surface area contributed by atoms with E-state index in [9.17, 15) is 0 Å². The second-order valence-electron chi connectivity index (χ2n) is 4.69. The molecule has 0 unspecified atom stereocenters. The number of aliphatic imine (C=N–C) groups is 2. The highest BCUT2D eigenvalue weighted by Gasteiger charge is 2.11. The number of rotatable bonds is 4. The van der Waals surface area contributed by atoms with E-state index >= 15 is 0 Å². The van der Waals surface area contributed by atoms with Crippen LogP contribution in [0.3, 0.4) is 0 Å². The number of hydrogen-bond acceptors (Lipinski definition) is 6. The van der Waals surface area contributed by atoms with Crippen LogP contribution in [0.1, 0.15) is 11.4 Å². The zero-order chi connectivity index (χ0) is 16.1. The zero-order valence-electron chi connectivity index (χ0n) is 12.3. The zero-order valence-corrected chi connectivity index (χ0v) is 12.3. The molecule has 3 N–H and O–H groups in total. The lowest BCUT2D eigenvalue weighted by Crippen LogP contribution is -2.07. The molecule has 1 aliphatic rings. The lowest BCUT2D eigenvalue weighted by Gasteiger charge is -2.11. The van der Waals surface area contributed by atoms with Crippen LogP contribution in [0.15, 0.2) is 65.0 Å². The number of nitrogens with two attached hydrogens (primary N) is 1. The van der Waals surface area contributed by atoms with Crippen molar-refractivity contribution >= 4 is 35.3 Å². The molecule has 2 heterocycles. The van der Waals surface area contributed by atoms with Crippen molar-refractivity contribution in [2.24, 2.45) is 9.98 Å². The highest BCUT2D eigenvalue weighted by Crippen LogP contribution is 2.21. The van der Waals surface area contributed by atoms with Crippen molar-refractivity contribution in [1.29, 1.82) is 0 Å². The Hall–Kier alpha value is -3.50. The van der Waals surface area contributed by atoms with Gasteiger partial charge in [0, 0.05) is 11.9 Å². The van der Waals surface area contributed by atoms with Crippen LogP contribution in [0.5, 0.6) is 0 Å². The molecule has 1 aliphatic heterocycles. The summed E-state index contributed by atoms with van der Waals surface area (Å²) in [5.74, 6) is 0.300. The van der Waals surface area contributed by atoms with Crippen LogP contribution in [0.25, 0.3) is 11.3 Å². The minimum absolute atomic E-state index is 0.300. The number of hydrogen-bond donors (Lipinski definition) is 2. The quantitative estimate of drug-likeness (QED) is 0.850. The molecule has 0 radical (unpaired) electrons. The Kier molecular flexibility index (Phi) is 4.09. The van der Waals surface area contributed by atoms with E-state index in [4.69, 9.17) is 5.73 Å². The van der Waals surface area contributed by atoms with Crippen molar-refractivity contribution in [3.8, 4) is 0 Å². The molecule has 1 aromatic heterocycles. The fraction of sp³-hybridized carbons (Fsp3) is 0. The molecule has 0 bridgehead atoms. The summed E-state index contributed by atoms with van der Waals surface area (Å²) in [6.45, 7) is 4.00. The highest BCUT2D eigenvalue weighted by molar-refractivity contribution is 6.11. The molecule has 0 saturated heterocycles. The molecule has 3 rings (SSSR count). The predicted molar refractivity (Wildman–Crippen MR) is 94.0 cm³/mol. The molecule has 0 saturated carbocycles. The van der Waals surface area contributed by atoms with Gasteiger partial charge < -0.3 is 11.1 Å². The van der Waals surface area contributed by atoms with Crippen LogP contribution in [0.2, 0.25) is 0 Å². The molecular weight excluding hydrogens is 288 g/mol. The first kappa shape index (κ1) is 14.4. The number of anilines is 2. The van der Waals surface area contributed by atoms with Crippen molar-refractivity contribution in [3.05, 3.63) is 66.4 Å². The average Bonchev–Trinajstić information content (AvgIpc) is 2.85. The van der Waals surface area contributed by atoms with Gasteiger partial charge in [-0.05, 0) is 12.1 Å². The molecule has 1 aromatic carbocycles. The van der Waals surface area contributed by atoms with Gasteiger partial charge in [0.2, 0.25) is 0 Å². The smallest absolute Gasteiger partial charge is 0.151 e. The lowest BCUT2D eigenvalue weighted by atomic mass is 10.2. The molecule has 112 valence electrons. The number of nitrogen functional groups attached to an aromatic ring is 1. The minimum Gasteiger partial charge on any atom is -0.382 e. The second kappa shape index (κ2) is 6.51. The number of allylic oxidation sites excluding steroid dienone is 1. The van der Waals surface area contributed by atoms with E-state index in [0.29, 0.717) is 28.5 Å². The Morgan fingerprint density at radius 3 is 2.83 bits per heavy atom. The van der Waals surface area contributed by atoms with Crippen LogP contribution >= 0.6 is 0 Å². The van der Waals surface area contributed by atoms with Gasteiger partial charge in [-0.3, -0.25) is 0 Å². The van der Waals surface area contributed by atoms with Gasteiger partial charge in [-0.2, -0.15) is 0 Å². The Morgan fingerprint density at radius 1 is 1.17 bits per heavy atom. The van der Waals surface area contributed by atoms with Gasteiger partial charge in [0.1, 0.15) is 12.0 Å². The first-order valence-electron chi connectivity index (χ1n) is 6.88. The summed E-state index contributed by atoms with van der Waals surface area (Å²) in [6.07, 6.45) is 6.14. The maximum atomic E-state index is 5.93. The lowest BCUT2D eigenvalue weighted by molar-refractivity contribution is 1.15. The second-order valence-corrected chi connectivity index (χ2v) is 4.69. The van der Waals surface area contributed by atoms with Crippen LogP contribution in [0, 0.1) is 0 Å². The molecule has 2 aromatic rings. The van der Waals surface area contributed by atoms with Crippen molar-refractivity contribution in [2.75, 3.05) is 11.1 Å². The monoisotopic (exact) mass is 302 g/mol. The standard InChI is InChI=1S/C17H14N6/c1-12(22-14-5-3-2-4-6-14)16-17(18)21-10-15(23-16)13-7-8-19-11-20-9-13/h2-6,8-11,22H,1H2,(H2,18,21). The number of nitrogens with zero attached hydrogens (tertiary/aromatic N) is 4. The van der Waals surface area contributed by atoms with Gasteiger partial charge in [-0.15, -0.1) is 0 Å². The van der Waals surface area contributed by atoms with E-state index in [1.807, 2.05) is 30.3 Å². The van der Waals surface area contributed by atoms with Gasteiger partial charge in [0.15, 0.2) is 5.82 Å². The topological polar surface area (TPSA) is 88.5 Å². The van der Waals surface area contributed by atoms with Gasteiger partial charge >= 0.3 is 0 Å². The average molecular weight is 302 g/mol. The molecule has 6 heteroatoms. The minimum atomic E-state index is 0.300. The van der Waals surface area contributed by atoms with Crippen molar-refractivity contribution in [3.63, 3.8) is 0 Å². The summed E-state index contributed by atoms with van der Waals surface area (Å²) in [7, 11) is 0. The fourth-order valence-corrected chi connectivity index (χ4v) is 1.97. The van der Waals surface area contributed by atoms with E-state index in [1.165, 1.54) is 12.5 Å². The third-order valence-electron chi connectivity index (χ3n) is 3.06. The molecule has 0 atom stereocenters. The molecule has 0 amide bonds. The summed E-state index contributed by atoms with van der Waals surface area (Å²) in [4.78, 5) is 16.6. The van der Waals surface area contributed by atoms with Crippen molar-refractivity contribution < 1.29 is 0 Å². The van der Waals surface area contributed by atoms with Crippen LogP contribution in [0.4, 0.5) is 11.5 Å². The summed E-state index contributed by atoms with van der Waals surface area (Å²) in [6, 6.07) is 9.66. The van der Waals surface area contributed by atoms with Gasteiger partial charge in [0.25, 0.3) is 0 Å². The first-order chi connectivity index (χ1) is 11.2. The van der Waals surface area contributed by atoms with Crippen LogP contribution in [-0.2, 0) is 0 Å². The Balaban J connectivity index is 1.92. The molecular formula is C17H14N6. The fourth-order valence-electron chi connectivity index (χ4n) is 1.97. The van der Waals surface area contributed by atoms with Gasteiger partial charge in [-0.25, -0.2) is 20.0 Å². The summed E-state index contributed by atoms with van der Waals surface area (Å²) in [5.41, 5.74) is 12.1. The Bertz CT molecular complexity index is 858. The summed E-state index contributed by atoms with van der Waals surface area (Å²) < 4.78 is 0. The van der Waals surface area contributed by atoms with Crippen molar-refractivity contribution in [2.45, 2.75) is 0 Å². The normalized spacial score (nSPS) is 12.6. The van der Waals surface area contributed by atoms with Crippen LogP contribution < -0.4 is 11.1 Å². The Morgan fingerprint density at radius 2 is 2.00 bits per heavy atom. The van der Waals surface area contributed by atoms with E-state index in [0.717, 1.165) is 5.69 Å². The molecule has 23 heavy (non-hydrogen) atoms. The number of benzene rings is 1. The third-order valence-corrected chi connectivity index (χ3v) is 3.06. The largest absolute Gasteiger partial charge is 0.382 e. The molecule has 6 nitrogen and oxygen atoms in total. The first-order valence-corrected chi connectivity index (χ1v) is 6.88. The third kappa shape index (κ3) is 3.40.